The number of aromatic nitrogens is 1. The van der Waals surface area contributed by atoms with Crippen molar-refractivity contribution >= 4 is 33.5 Å². The lowest BCUT2D eigenvalue weighted by Crippen LogP contribution is -2.36. The number of hydrogen-bond donors (Lipinski definition) is 2. The van der Waals surface area contributed by atoms with Crippen LogP contribution in [0.1, 0.15) is 15.9 Å². The van der Waals surface area contributed by atoms with Gasteiger partial charge in [-0.25, -0.2) is 4.99 Å². The van der Waals surface area contributed by atoms with Crippen LogP contribution in [0.25, 0.3) is 0 Å². The fourth-order valence-corrected chi connectivity index (χ4v) is 3.09. The van der Waals surface area contributed by atoms with Gasteiger partial charge in [0.05, 0.1) is 6.54 Å². The van der Waals surface area contributed by atoms with Gasteiger partial charge in [-0.15, -0.1) is 0 Å². The molecule has 8 heteroatoms. The summed E-state index contributed by atoms with van der Waals surface area (Å²) in [5.41, 5.74) is 2.21. The summed E-state index contributed by atoms with van der Waals surface area (Å²) >= 11 is 3.44. The van der Waals surface area contributed by atoms with Gasteiger partial charge < -0.3 is 14.8 Å². The van der Waals surface area contributed by atoms with Crippen LogP contribution in [-0.4, -0.2) is 23.6 Å². The number of anilines is 1. The first kappa shape index (κ1) is 18.9. The van der Waals surface area contributed by atoms with Crippen LogP contribution in [-0.2, 0) is 6.54 Å². The molecule has 0 aliphatic carbocycles. The van der Waals surface area contributed by atoms with Crippen molar-refractivity contribution < 1.29 is 14.3 Å². The third-order valence-corrected chi connectivity index (χ3v) is 4.62. The number of amides is 1. The van der Waals surface area contributed by atoms with Gasteiger partial charge in [0.25, 0.3) is 5.91 Å². The van der Waals surface area contributed by atoms with Crippen molar-refractivity contribution in [3.05, 3.63) is 82.6 Å². The smallest absolute Gasteiger partial charge is 0.258 e. The Morgan fingerprint density at radius 2 is 1.90 bits per heavy atom. The molecule has 1 aliphatic heterocycles. The van der Waals surface area contributed by atoms with Gasteiger partial charge in [0, 0.05) is 28.1 Å². The van der Waals surface area contributed by atoms with E-state index in [-0.39, 0.29) is 12.7 Å². The minimum absolute atomic E-state index is 0.156. The molecule has 2 heterocycles. The van der Waals surface area contributed by atoms with E-state index in [0.29, 0.717) is 29.6 Å². The molecule has 0 spiro atoms. The quantitative estimate of drug-likeness (QED) is 0.462. The number of carbonyl (C=O) groups is 1. The largest absolute Gasteiger partial charge is 0.454 e. The molecule has 29 heavy (non-hydrogen) atoms. The summed E-state index contributed by atoms with van der Waals surface area (Å²) < 4.78 is 11.6. The predicted molar refractivity (Wildman–Crippen MR) is 113 cm³/mol. The SMILES string of the molecule is O=C(NC(=NCc1ccncc1)Nc1cccc(Br)c1)c1ccc2c(c1)OCO2. The Hall–Kier alpha value is -3.39. The Kier molecular flexibility index (Phi) is 5.71. The highest BCUT2D eigenvalue weighted by atomic mass is 79.9. The Morgan fingerprint density at radius 1 is 1.07 bits per heavy atom. The van der Waals surface area contributed by atoms with Crippen molar-refractivity contribution in [1.82, 2.24) is 10.3 Å². The number of halogens is 1. The molecule has 0 fully saturated rings. The standard InChI is InChI=1S/C21H17BrN4O3/c22-16-2-1-3-17(11-16)25-21(24-12-14-6-8-23-9-7-14)26-20(27)15-4-5-18-19(10-15)29-13-28-18/h1-11H,12-13H2,(H2,24,25,26,27). The minimum Gasteiger partial charge on any atom is -0.454 e. The number of fused-ring (bicyclic) bond motifs is 1. The second-order valence-corrected chi connectivity index (χ2v) is 7.09. The first-order valence-electron chi connectivity index (χ1n) is 8.84. The zero-order valence-corrected chi connectivity index (χ0v) is 16.8. The predicted octanol–water partition coefficient (Wildman–Crippen LogP) is 3.97. The van der Waals surface area contributed by atoms with Gasteiger partial charge >= 0.3 is 0 Å². The Labute approximate surface area is 175 Å². The number of carbonyl (C=O) groups excluding carboxylic acids is 1. The molecular formula is C21H17BrN4O3. The molecule has 1 aliphatic rings. The van der Waals surface area contributed by atoms with Crippen molar-refractivity contribution in [3.8, 4) is 11.5 Å². The number of guanidine groups is 1. The number of aliphatic imine (C=N–C) groups is 1. The number of benzene rings is 2. The van der Waals surface area contributed by atoms with E-state index in [2.05, 4.69) is 36.5 Å². The molecule has 2 N–H and O–H groups in total. The lowest BCUT2D eigenvalue weighted by atomic mass is 10.2. The second-order valence-electron chi connectivity index (χ2n) is 6.18. The molecule has 1 amide bonds. The van der Waals surface area contributed by atoms with Crippen molar-refractivity contribution in [2.45, 2.75) is 6.54 Å². The van der Waals surface area contributed by atoms with E-state index in [1.54, 1.807) is 30.6 Å². The van der Waals surface area contributed by atoms with Crippen molar-refractivity contribution in [2.75, 3.05) is 12.1 Å². The third kappa shape index (κ3) is 4.91. The molecular weight excluding hydrogens is 436 g/mol. The number of nitrogens with zero attached hydrogens (tertiary/aromatic N) is 2. The minimum atomic E-state index is -0.306. The van der Waals surface area contributed by atoms with E-state index in [9.17, 15) is 4.79 Å². The number of nitrogens with one attached hydrogen (secondary N) is 2. The normalized spacial score (nSPS) is 12.5. The Morgan fingerprint density at radius 3 is 2.72 bits per heavy atom. The summed E-state index contributed by atoms with van der Waals surface area (Å²) in [6.45, 7) is 0.545. The van der Waals surface area contributed by atoms with Gasteiger partial charge in [0.15, 0.2) is 11.5 Å². The van der Waals surface area contributed by atoms with E-state index >= 15 is 0 Å². The van der Waals surface area contributed by atoms with Gasteiger partial charge in [-0.3, -0.25) is 15.1 Å². The maximum absolute atomic E-state index is 12.8. The monoisotopic (exact) mass is 452 g/mol. The molecule has 0 bridgehead atoms. The van der Waals surface area contributed by atoms with Gasteiger partial charge in [0.2, 0.25) is 12.8 Å². The lowest BCUT2D eigenvalue weighted by molar-refractivity contribution is 0.0976. The third-order valence-electron chi connectivity index (χ3n) is 4.12. The number of pyridine rings is 1. The number of rotatable bonds is 4. The van der Waals surface area contributed by atoms with Crippen LogP contribution < -0.4 is 20.1 Å². The van der Waals surface area contributed by atoms with Crippen LogP contribution in [0.4, 0.5) is 5.69 Å². The van der Waals surface area contributed by atoms with E-state index in [0.717, 1.165) is 15.7 Å². The van der Waals surface area contributed by atoms with Crippen LogP contribution in [0, 0.1) is 0 Å². The lowest BCUT2D eigenvalue weighted by Gasteiger charge is -2.12. The summed E-state index contributed by atoms with van der Waals surface area (Å²) in [7, 11) is 0. The molecule has 1 aromatic heterocycles. The Bertz CT molecular complexity index is 1060. The summed E-state index contributed by atoms with van der Waals surface area (Å²) in [4.78, 5) is 21.3. The van der Waals surface area contributed by atoms with Crippen LogP contribution >= 0.6 is 15.9 Å². The molecule has 0 atom stereocenters. The highest BCUT2D eigenvalue weighted by Crippen LogP contribution is 2.32. The molecule has 4 rings (SSSR count). The fourth-order valence-electron chi connectivity index (χ4n) is 2.69. The second kappa shape index (κ2) is 8.74. The molecule has 2 aromatic carbocycles. The highest BCUT2D eigenvalue weighted by Gasteiger charge is 2.17. The number of ether oxygens (including phenoxy) is 2. The van der Waals surface area contributed by atoms with Gasteiger partial charge in [0.1, 0.15) is 0 Å². The van der Waals surface area contributed by atoms with Crippen LogP contribution in [0.3, 0.4) is 0 Å². The van der Waals surface area contributed by atoms with Crippen molar-refractivity contribution in [2.24, 2.45) is 4.99 Å². The highest BCUT2D eigenvalue weighted by molar-refractivity contribution is 9.10. The van der Waals surface area contributed by atoms with E-state index in [4.69, 9.17) is 9.47 Å². The van der Waals surface area contributed by atoms with Crippen LogP contribution in [0.2, 0.25) is 0 Å². The van der Waals surface area contributed by atoms with E-state index in [1.807, 2.05) is 36.4 Å². The summed E-state index contributed by atoms with van der Waals surface area (Å²) in [6.07, 6.45) is 3.41. The number of hydrogen-bond acceptors (Lipinski definition) is 5. The maximum Gasteiger partial charge on any atom is 0.258 e. The van der Waals surface area contributed by atoms with E-state index in [1.165, 1.54) is 0 Å². The fraction of sp³-hybridized carbons (Fsp3) is 0.0952. The van der Waals surface area contributed by atoms with Crippen molar-refractivity contribution in [3.63, 3.8) is 0 Å². The molecule has 0 radical (unpaired) electrons. The van der Waals surface area contributed by atoms with Gasteiger partial charge in [-0.2, -0.15) is 0 Å². The van der Waals surface area contributed by atoms with Crippen molar-refractivity contribution in [1.29, 1.82) is 0 Å². The van der Waals surface area contributed by atoms with Crippen LogP contribution in [0.5, 0.6) is 11.5 Å². The molecule has 3 aromatic rings. The molecule has 7 nitrogen and oxygen atoms in total. The first-order chi connectivity index (χ1) is 14.2. The topological polar surface area (TPSA) is 84.8 Å². The zero-order chi connectivity index (χ0) is 20.1. The molecule has 146 valence electrons. The molecule has 0 saturated carbocycles. The van der Waals surface area contributed by atoms with Gasteiger partial charge in [-0.1, -0.05) is 22.0 Å². The average Bonchev–Trinajstić information content (AvgIpc) is 3.20. The van der Waals surface area contributed by atoms with Crippen LogP contribution in [0.15, 0.2) is 76.5 Å². The average molecular weight is 453 g/mol. The summed E-state index contributed by atoms with van der Waals surface area (Å²) in [5.74, 6) is 1.20. The Balaban J connectivity index is 1.54. The maximum atomic E-state index is 12.8. The van der Waals surface area contributed by atoms with E-state index < -0.39 is 0 Å². The summed E-state index contributed by atoms with van der Waals surface area (Å²) in [5, 5.41) is 5.99. The first-order valence-corrected chi connectivity index (χ1v) is 9.63. The van der Waals surface area contributed by atoms with Gasteiger partial charge in [-0.05, 0) is 54.1 Å². The summed E-state index contributed by atoms with van der Waals surface area (Å²) in [6, 6.07) is 16.4. The molecule has 0 unspecified atom stereocenters. The molecule has 0 saturated heterocycles. The zero-order valence-electron chi connectivity index (χ0n) is 15.3.